The van der Waals surface area contributed by atoms with Crippen LogP contribution in [0.5, 0.6) is 0 Å². The van der Waals surface area contributed by atoms with Gasteiger partial charge in [-0.3, -0.25) is 4.79 Å². The van der Waals surface area contributed by atoms with Gasteiger partial charge < -0.3 is 20.1 Å². The average molecular weight is 470 g/mol. The molecule has 0 unspecified atom stereocenters. The fourth-order valence-corrected chi connectivity index (χ4v) is 5.12. The number of nitrogens with zero attached hydrogens (tertiary/aromatic N) is 3. The second kappa shape index (κ2) is 9.69. The Kier molecular flexibility index (Phi) is 6.51. The molecular weight excluding hydrogens is 441 g/mol. The highest BCUT2D eigenvalue weighted by Gasteiger charge is 2.26. The number of piperidine rings is 1. The average Bonchev–Trinajstić information content (AvgIpc) is 3.49. The molecule has 1 atom stereocenters. The zero-order chi connectivity index (χ0) is 22.8. The maximum Gasteiger partial charge on any atom is 0.224 e. The predicted molar refractivity (Wildman–Crippen MR) is 130 cm³/mol. The van der Waals surface area contributed by atoms with Crippen LogP contribution in [0.2, 0.25) is 5.02 Å². The number of carbonyl (C=O) groups excluding carboxylic acids is 1. The number of aromatic amines is 1. The molecule has 8 heteroatoms. The number of fused-ring (bicyclic) bond motifs is 1. The van der Waals surface area contributed by atoms with Crippen LogP contribution < -0.4 is 10.2 Å². The number of anilines is 1. The van der Waals surface area contributed by atoms with Gasteiger partial charge in [0.05, 0.1) is 22.0 Å². The molecule has 1 amide bonds. The predicted octanol–water partition coefficient (Wildman–Crippen LogP) is 4.45. The van der Waals surface area contributed by atoms with Crippen molar-refractivity contribution in [2.45, 2.75) is 25.7 Å². The van der Waals surface area contributed by atoms with E-state index in [-0.39, 0.29) is 17.6 Å². The summed E-state index contributed by atoms with van der Waals surface area (Å²) in [5.74, 6) is 0.421. The lowest BCUT2D eigenvalue weighted by atomic mass is 9.96. The lowest BCUT2D eigenvalue weighted by molar-refractivity contribution is -0.125. The number of benzene rings is 2. The maximum absolute atomic E-state index is 13.6. The first-order valence-electron chi connectivity index (χ1n) is 11.8. The van der Waals surface area contributed by atoms with Gasteiger partial charge in [-0.05, 0) is 75.2 Å². The Morgan fingerprint density at radius 1 is 1.15 bits per heavy atom. The molecule has 2 aromatic carbocycles. The molecule has 3 aromatic rings. The lowest BCUT2D eigenvalue weighted by Gasteiger charge is -2.34. The van der Waals surface area contributed by atoms with Gasteiger partial charge in [0.25, 0.3) is 0 Å². The molecule has 33 heavy (non-hydrogen) atoms. The Balaban J connectivity index is 1.28. The highest BCUT2D eigenvalue weighted by atomic mass is 35.5. The molecule has 2 aliphatic rings. The number of amides is 1. The summed E-state index contributed by atoms with van der Waals surface area (Å²) >= 11 is 6.50. The molecule has 3 heterocycles. The van der Waals surface area contributed by atoms with E-state index in [2.05, 4.69) is 25.1 Å². The Labute approximate surface area is 198 Å². The van der Waals surface area contributed by atoms with Crippen molar-refractivity contribution in [1.82, 2.24) is 20.2 Å². The lowest BCUT2D eigenvalue weighted by Crippen LogP contribution is -2.44. The van der Waals surface area contributed by atoms with Crippen molar-refractivity contribution in [2.24, 2.45) is 5.92 Å². The fourth-order valence-electron chi connectivity index (χ4n) is 4.91. The quantitative estimate of drug-likeness (QED) is 0.559. The minimum atomic E-state index is -0.310. The van der Waals surface area contributed by atoms with Gasteiger partial charge in [-0.15, -0.1) is 0 Å². The van der Waals surface area contributed by atoms with Crippen molar-refractivity contribution in [1.29, 1.82) is 0 Å². The number of halogens is 2. The van der Waals surface area contributed by atoms with Gasteiger partial charge in [-0.25, -0.2) is 9.37 Å². The molecule has 1 aromatic heterocycles. The van der Waals surface area contributed by atoms with E-state index in [9.17, 15) is 9.18 Å². The smallest absolute Gasteiger partial charge is 0.224 e. The third-order valence-electron chi connectivity index (χ3n) is 6.73. The Bertz CT molecular complexity index is 1140. The number of rotatable bonds is 6. The number of hydrogen-bond acceptors (Lipinski definition) is 4. The van der Waals surface area contributed by atoms with Crippen LogP contribution in [0.1, 0.15) is 25.7 Å². The highest BCUT2D eigenvalue weighted by molar-refractivity contribution is 6.33. The number of aromatic nitrogens is 2. The van der Waals surface area contributed by atoms with Gasteiger partial charge in [-0.2, -0.15) is 0 Å². The highest BCUT2D eigenvalue weighted by Crippen LogP contribution is 2.33. The third-order valence-corrected chi connectivity index (χ3v) is 7.06. The first-order valence-corrected chi connectivity index (χ1v) is 12.1. The number of likely N-dealkylation sites (tertiary alicyclic amines) is 1. The molecule has 0 saturated carbocycles. The SMILES string of the molecule is O=C(NCCN1CCCC1)[C@@H]1CCCN(c2ccc(Cl)c(-c3nc4ccc(F)cc4[nH]3)c2)C1. The van der Waals surface area contributed by atoms with Gasteiger partial charge in [0.2, 0.25) is 5.91 Å². The van der Waals surface area contributed by atoms with Crippen molar-refractivity contribution in [3.63, 3.8) is 0 Å². The zero-order valence-corrected chi connectivity index (χ0v) is 19.4. The van der Waals surface area contributed by atoms with Gasteiger partial charge >= 0.3 is 0 Å². The molecule has 0 bridgehead atoms. The molecule has 174 valence electrons. The van der Waals surface area contributed by atoms with Gasteiger partial charge in [0.15, 0.2) is 0 Å². The van der Waals surface area contributed by atoms with Gasteiger partial charge in [0, 0.05) is 37.4 Å². The van der Waals surface area contributed by atoms with E-state index in [0.717, 1.165) is 50.3 Å². The maximum atomic E-state index is 13.6. The Morgan fingerprint density at radius 2 is 2.00 bits per heavy atom. The van der Waals surface area contributed by atoms with Crippen LogP contribution in [-0.4, -0.2) is 60.0 Å². The fraction of sp³-hybridized carbons (Fsp3) is 0.440. The molecule has 2 N–H and O–H groups in total. The van der Waals surface area contributed by atoms with Crippen LogP contribution in [0, 0.1) is 11.7 Å². The Hall–Kier alpha value is -2.64. The molecule has 0 radical (unpaired) electrons. The largest absolute Gasteiger partial charge is 0.371 e. The molecule has 2 saturated heterocycles. The standard InChI is InChI=1S/C25H29ClFN5O/c26-21-7-6-19(15-20(21)24-29-22-8-5-18(27)14-23(22)30-24)32-12-3-4-17(16-32)25(33)28-9-13-31-10-1-2-11-31/h5-8,14-15,17H,1-4,9-13,16H2,(H,28,33)(H,29,30)/t17-/m1/s1. The number of H-pyrrole nitrogens is 1. The zero-order valence-electron chi connectivity index (χ0n) is 18.6. The molecule has 0 aliphatic carbocycles. The normalized spacial score (nSPS) is 19.3. The third kappa shape index (κ3) is 4.99. The van der Waals surface area contributed by atoms with Crippen molar-refractivity contribution in [3.8, 4) is 11.4 Å². The minimum Gasteiger partial charge on any atom is -0.371 e. The van der Waals surface area contributed by atoms with Gasteiger partial charge in [-0.1, -0.05) is 11.6 Å². The number of nitrogens with one attached hydrogen (secondary N) is 2. The molecule has 6 nitrogen and oxygen atoms in total. The summed E-state index contributed by atoms with van der Waals surface area (Å²) in [6.07, 6.45) is 4.40. The summed E-state index contributed by atoms with van der Waals surface area (Å²) in [5.41, 5.74) is 3.10. The summed E-state index contributed by atoms with van der Waals surface area (Å²) in [6.45, 7) is 5.52. The van der Waals surface area contributed by atoms with Gasteiger partial charge in [0.1, 0.15) is 11.6 Å². The van der Waals surface area contributed by atoms with Crippen molar-refractivity contribution < 1.29 is 9.18 Å². The van der Waals surface area contributed by atoms with E-state index in [1.54, 1.807) is 6.07 Å². The van der Waals surface area contributed by atoms with E-state index in [1.807, 2.05) is 18.2 Å². The summed E-state index contributed by atoms with van der Waals surface area (Å²) in [6, 6.07) is 10.3. The van der Waals surface area contributed by atoms with E-state index in [0.29, 0.717) is 35.0 Å². The number of carbonyl (C=O) groups is 1. The van der Waals surface area contributed by atoms with Crippen LogP contribution in [0.15, 0.2) is 36.4 Å². The topological polar surface area (TPSA) is 64.3 Å². The van der Waals surface area contributed by atoms with Crippen LogP contribution in [0.4, 0.5) is 10.1 Å². The van der Waals surface area contributed by atoms with Crippen LogP contribution in [-0.2, 0) is 4.79 Å². The van der Waals surface area contributed by atoms with E-state index in [4.69, 9.17) is 11.6 Å². The van der Waals surface area contributed by atoms with E-state index in [1.165, 1.54) is 25.0 Å². The minimum absolute atomic E-state index is 0.0226. The molecule has 2 aliphatic heterocycles. The Morgan fingerprint density at radius 3 is 2.85 bits per heavy atom. The number of hydrogen-bond donors (Lipinski definition) is 2. The first kappa shape index (κ1) is 22.2. The second-order valence-corrected chi connectivity index (χ2v) is 9.44. The first-order chi connectivity index (χ1) is 16.1. The molecule has 2 fully saturated rings. The summed E-state index contributed by atoms with van der Waals surface area (Å²) in [7, 11) is 0. The molecule has 5 rings (SSSR count). The van der Waals surface area contributed by atoms with Crippen molar-refractivity contribution in [3.05, 3.63) is 47.2 Å². The van der Waals surface area contributed by atoms with Crippen LogP contribution in [0.25, 0.3) is 22.4 Å². The van der Waals surface area contributed by atoms with Crippen molar-refractivity contribution >= 4 is 34.2 Å². The number of imidazole rings is 1. The monoisotopic (exact) mass is 469 g/mol. The van der Waals surface area contributed by atoms with E-state index >= 15 is 0 Å². The summed E-state index contributed by atoms with van der Waals surface area (Å²) in [5, 5.41) is 3.72. The molecular formula is C25H29ClFN5O. The summed E-state index contributed by atoms with van der Waals surface area (Å²) < 4.78 is 13.6. The second-order valence-electron chi connectivity index (χ2n) is 9.04. The summed E-state index contributed by atoms with van der Waals surface area (Å²) in [4.78, 5) is 25.2. The van der Waals surface area contributed by atoms with Crippen LogP contribution in [0.3, 0.4) is 0 Å². The van der Waals surface area contributed by atoms with E-state index < -0.39 is 0 Å². The molecule has 0 spiro atoms. The van der Waals surface area contributed by atoms with Crippen molar-refractivity contribution in [2.75, 3.05) is 44.2 Å². The van der Waals surface area contributed by atoms with Crippen LogP contribution >= 0.6 is 11.6 Å².